The van der Waals surface area contributed by atoms with Crippen LogP contribution in [0.4, 0.5) is 4.39 Å². The third kappa shape index (κ3) is 3.77. The van der Waals surface area contributed by atoms with Crippen LogP contribution in [0.5, 0.6) is 0 Å². The average molecular weight is 264 g/mol. The van der Waals surface area contributed by atoms with Crippen LogP contribution in [0.2, 0.25) is 0 Å². The Morgan fingerprint density at radius 2 is 2.16 bits per heavy atom. The van der Waals surface area contributed by atoms with Gasteiger partial charge in [-0.25, -0.2) is 4.39 Å². The van der Waals surface area contributed by atoms with Crippen molar-refractivity contribution in [2.75, 3.05) is 20.1 Å². The Labute approximate surface area is 113 Å². The maximum absolute atomic E-state index is 13.7. The number of hydrogen-bond donors (Lipinski definition) is 1. The monoisotopic (exact) mass is 264 g/mol. The highest BCUT2D eigenvalue weighted by molar-refractivity contribution is 5.78. The molecule has 0 aromatic heterocycles. The van der Waals surface area contributed by atoms with Crippen molar-refractivity contribution in [1.29, 1.82) is 0 Å². The van der Waals surface area contributed by atoms with Gasteiger partial charge in [0.25, 0.3) is 0 Å². The van der Waals surface area contributed by atoms with Gasteiger partial charge in [-0.1, -0.05) is 18.2 Å². The largest absolute Gasteiger partial charge is 0.338 e. The van der Waals surface area contributed by atoms with E-state index in [1.165, 1.54) is 18.9 Å². The molecule has 0 aliphatic heterocycles. The van der Waals surface area contributed by atoms with Gasteiger partial charge >= 0.3 is 0 Å². The molecule has 104 valence electrons. The molecule has 19 heavy (non-hydrogen) atoms. The maximum Gasteiger partial charge on any atom is 0.236 e. The summed E-state index contributed by atoms with van der Waals surface area (Å²) in [6.45, 7) is 3.08. The average Bonchev–Trinajstić information content (AvgIpc) is 3.21. The minimum absolute atomic E-state index is 0.00333. The summed E-state index contributed by atoms with van der Waals surface area (Å²) < 4.78 is 13.7. The van der Waals surface area contributed by atoms with Crippen LogP contribution in [0.15, 0.2) is 24.3 Å². The molecule has 4 heteroatoms. The molecule has 0 saturated heterocycles. The molecular formula is C15H21FN2O. The molecule has 1 aliphatic carbocycles. The van der Waals surface area contributed by atoms with Crippen molar-refractivity contribution in [3.8, 4) is 0 Å². The fourth-order valence-corrected chi connectivity index (χ4v) is 2.07. The van der Waals surface area contributed by atoms with Gasteiger partial charge in [0.2, 0.25) is 5.91 Å². The molecular weight excluding hydrogens is 243 g/mol. The molecule has 1 unspecified atom stereocenters. The normalized spacial score (nSPS) is 16.2. The Balaban J connectivity index is 1.88. The molecule has 1 N–H and O–H groups in total. The van der Waals surface area contributed by atoms with Crippen LogP contribution in [0.3, 0.4) is 0 Å². The standard InChI is InChI=1S/C15H21FN2O/c1-11(13-5-3-4-6-14(13)16)18(2)15(19)10-17-9-12-7-8-12/h3-6,11-12,17H,7-10H2,1-2H3. The van der Waals surface area contributed by atoms with Crippen molar-refractivity contribution in [2.45, 2.75) is 25.8 Å². The quantitative estimate of drug-likeness (QED) is 0.855. The predicted molar refractivity (Wildman–Crippen MR) is 73.2 cm³/mol. The summed E-state index contributed by atoms with van der Waals surface area (Å²) >= 11 is 0. The van der Waals surface area contributed by atoms with E-state index in [-0.39, 0.29) is 17.8 Å². The van der Waals surface area contributed by atoms with Gasteiger partial charge in [-0.2, -0.15) is 0 Å². The summed E-state index contributed by atoms with van der Waals surface area (Å²) in [4.78, 5) is 13.6. The Kier molecular flexibility index (Phi) is 4.53. The van der Waals surface area contributed by atoms with Crippen LogP contribution in [0, 0.1) is 11.7 Å². The lowest BCUT2D eigenvalue weighted by Gasteiger charge is -2.25. The first-order chi connectivity index (χ1) is 9.09. The molecule has 2 rings (SSSR count). The first-order valence-corrected chi connectivity index (χ1v) is 6.80. The lowest BCUT2D eigenvalue weighted by Crippen LogP contribution is -2.37. The Morgan fingerprint density at radius 1 is 1.47 bits per heavy atom. The topological polar surface area (TPSA) is 32.3 Å². The molecule has 3 nitrogen and oxygen atoms in total. The van der Waals surface area contributed by atoms with Gasteiger partial charge in [0, 0.05) is 12.6 Å². The van der Waals surface area contributed by atoms with Crippen LogP contribution in [-0.2, 0) is 4.79 Å². The van der Waals surface area contributed by atoms with Gasteiger partial charge in [-0.05, 0) is 38.3 Å². The molecule has 1 saturated carbocycles. The predicted octanol–water partition coefficient (Wildman–Crippen LogP) is 2.34. The molecule has 0 heterocycles. The molecule has 1 aromatic rings. The van der Waals surface area contributed by atoms with Crippen molar-refractivity contribution in [3.05, 3.63) is 35.6 Å². The number of amides is 1. The molecule has 0 radical (unpaired) electrons. The van der Waals surface area contributed by atoms with Gasteiger partial charge < -0.3 is 10.2 Å². The summed E-state index contributed by atoms with van der Waals surface area (Å²) in [6.07, 6.45) is 2.53. The first-order valence-electron chi connectivity index (χ1n) is 6.80. The molecule has 1 amide bonds. The van der Waals surface area contributed by atoms with E-state index in [9.17, 15) is 9.18 Å². The minimum atomic E-state index is -0.263. The van der Waals surface area contributed by atoms with Crippen LogP contribution in [0.25, 0.3) is 0 Å². The first kappa shape index (κ1) is 14.0. The van der Waals surface area contributed by atoms with E-state index in [2.05, 4.69) is 5.32 Å². The number of nitrogens with zero attached hydrogens (tertiary/aromatic N) is 1. The fraction of sp³-hybridized carbons (Fsp3) is 0.533. The van der Waals surface area contributed by atoms with E-state index in [1.54, 1.807) is 30.1 Å². The van der Waals surface area contributed by atoms with Gasteiger partial charge in [-0.3, -0.25) is 4.79 Å². The highest BCUT2D eigenvalue weighted by Crippen LogP contribution is 2.27. The zero-order valence-corrected chi connectivity index (χ0v) is 11.5. The summed E-state index contributed by atoms with van der Waals surface area (Å²) in [5.41, 5.74) is 0.556. The third-order valence-corrected chi connectivity index (χ3v) is 3.74. The minimum Gasteiger partial charge on any atom is -0.338 e. The lowest BCUT2D eigenvalue weighted by atomic mass is 10.1. The third-order valence-electron chi connectivity index (χ3n) is 3.74. The van der Waals surface area contributed by atoms with E-state index >= 15 is 0 Å². The van der Waals surface area contributed by atoms with Crippen molar-refractivity contribution in [1.82, 2.24) is 10.2 Å². The van der Waals surface area contributed by atoms with Crippen molar-refractivity contribution >= 4 is 5.91 Å². The van der Waals surface area contributed by atoms with E-state index < -0.39 is 0 Å². The SMILES string of the molecule is CC(c1ccccc1F)N(C)C(=O)CNCC1CC1. The Morgan fingerprint density at radius 3 is 2.79 bits per heavy atom. The number of benzene rings is 1. The second kappa shape index (κ2) is 6.15. The summed E-state index contributed by atoms with van der Waals surface area (Å²) in [6, 6.07) is 6.34. The highest BCUT2D eigenvalue weighted by atomic mass is 19.1. The summed E-state index contributed by atoms with van der Waals surface area (Å²) in [5, 5.41) is 3.16. The Bertz CT molecular complexity index is 446. The van der Waals surface area contributed by atoms with E-state index in [0.29, 0.717) is 12.1 Å². The molecule has 1 aromatic carbocycles. The van der Waals surface area contributed by atoms with Crippen LogP contribution in [0.1, 0.15) is 31.4 Å². The zero-order valence-electron chi connectivity index (χ0n) is 11.5. The number of carbonyl (C=O) groups is 1. The molecule has 0 spiro atoms. The van der Waals surface area contributed by atoms with Crippen LogP contribution in [-0.4, -0.2) is 30.9 Å². The van der Waals surface area contributed by atoms with Crippen molar-refractivity contribution in [2.24, 2.45) is 5.92 Å². The smallest absolute Gasteiger partial charge is 0.236 e. The van der Waals surface area contributed by atoms with Crippen LogP contribution < -0.4 is 5.32 Å². The highest BCUT2D eigenvalue weighted by Gasteiger charge is 2.22. The van der Waals surface area contributed by atoms with Gasteiger partial charge in [0.1, 0.15) is 5.82 Å². The van der Waals surface area contributed by atoms with Gasteiger partial charge in [0.15, 0.2) is 0 Å². The van der Waals surface area contributed by atoms with Crippen LogP contribution >= 0.6 is 0 Å². The van der Waals surface area contributed by atoms with Crippen molar-refractivity contribution in [3.63, 3.8) is 0 Å². The summed E-state index contributed by atoms with van der Waals surface area (Å²) in [7, 11) is 1.72. The second-order valence-corrected chi connectivity index (χ2v) is 5.28. The number of likely N-dealkylation sites (N-methyl/N-ethyl adjacent to an activating group) is 1. The number of rotatable bonds is 6. The number of carbonyl (C=O) groups excluding carboxylic acids is 1. The number of hydrogen-bond acceptors (Lipinski definition) is 2. The van der Waals surface area contributed by atoms with Crippen molar-refractivity contribution < 1.29 is 9.18 Å². The maximum atomic E-state index is 13.7. The summed E-state index contributed by atoms with van der Waals surface area (Å²) in [5.74, 6) is 0.485. The fourth-order valence-electron chi connectivity index (χ4n) is 2.07. The van der Waals surface area contributed by atoms with E-state index in [4.69, 9.17) is 0 Å². The van der Waals surface area contributed by atoms with E-state index in [0.717, 1.165) is 12.5 Å². The zero-order chi connectivity index (χ0) is 13.8. The van der Waals surface area contributed by atoms with Gasteiger partial charge in [0.05, 0.1) is 12.6 Å². The molecule has 1 atom stereocenters. The van der Waals surface area contributed by atoms with Gasteiger partial charge in [-0.15, -0.1) is 0 Å². The molecule has 1 fully saturated rings. The second-order valence-electron chi connectivity index (χ2n) is 5.28. The number of nitrogens with one attached hydrogen (secondary N) is 1. The Hall–Kier alpha value is -1.42. The number of halogens is 1. The van der Waals surface area contributed by atoms with E-state index in [1.807, 2.05) is 6.92 Å². The molecule has 0 bridgehead atoms. The molecule has 1 aliphatic rings. The lowest BCUT2D eigenvalue weighted by molar-refractivity contribution is -0.130.